The summed E-state index contributed by atoms with van der Waals surface area (Å²) in [5, 5.41) is 3.07. The van der Waals surface area contributed by atoms with E-state index in [4.69, 9.17) is 11.6 Å². The number of carbonyl (C=O) groups excluding carboxylic acids is 2. The Hall–Kier alpha value is -1.62. The summed E-state index contributed by atoms with van der Waals surface area (Å²) in [6, 6.07) is 2.67. The van der Waals surface area contributed by atoms with E-state index in [0.717, 1.165) is 12.0 Å². The summed E-state index contributed by atoms with van der Waals surface area (Å²) < 4.78 is 0. The lowest BCUT2D eigenvalue weighted by Gasteiger charge is -2.12. The Balaban J connectivity index is 2.07. The maximum Gasteiger partial charge on any atom is 0.325 e. The first-order chi connectivity index (χ1) is 8.61. The molecular formula is C12H14ClN3O2. The molecule has 3 amide bonds. The molecule has 1 aliphatic heterocycles. The van der Waals surface area contributed by atoms with E-state index in [1.807, 2.05) is 6.92 Å². The molecule has 0 aliphatic carbocycles. The molecule has 1 aromatic heterocycles. The van der Waals surface area contributed by atoms with Gasteiger partial charge in [-0.05, 0) is 18.1 Å². The number of amides is 3. The van der Waals surface area contributed by atoms with Crippen LogP contribution in [0, 0.1) is 0 Å². The van der Waals surface area contributed by atoms with E-state index >= 15 is 0 Å². The lowest BCUT2D eigenvalue weighted by molar-refractivity contribution is -0.128. The van der Waals surface area contributed by atoms with Crippen molar-refractivity contribution in [2.75, 3.05) is 0 Å². The number of rotatable bonds is 4. The van der Waals surface area contributed by atoms with E-state index in [1.165, 1.54) is 4.90 Å². The molecule has 0 spiro atoms. The molecule has 0 aromatic carbocycles. The highest BCUT2D eigenvalue weighted by molar-refractivity contribution is 6.29. The highest BCUT2D eigenvalue weighted by Crippen LogP contribution is 2.15. The molecule has 0 saturated carbocycles. The lowest BCUT2D eigenvalue weighted by atomic mass is 10.1. The van der Waals surface area contributed by atoms with Crippen LogP contribution in [0.15, 0.2) is 18.3 Å². The second kappa shape index (κ2) is 5.35. The van der Waals surface area contributed by atoms with Gasteiger partial charge >= 0.3 is 6.03 Å². The zero-order valence-electron chi connectivity index (χ0n) is 10.0. The molecule has 1 N–H and O–H groups in total. The fourth-order valence-corrected chi connectivity index (χ4v) is 2.01. The summed E-state index contributed by atoms with van der Waals surface area (Å²) in [6.07, 6.45) is 3.09. The third kappa shape index (κ3) is 2.61. The van der Waals surface area contributed by atoms with Crippen LogP contribution in [0.1, 0.15) is 25.3 Å². The predicted octanol–water partition coefficient (Wildman–Crippen LogP) is 1.96. The van der Waals surface area contributed by atoms with Gasteiger partial charge < -0.3 is 5.32 Å². The van der Waals surface area contributed by atoms with E-state index in [0.29, 0.717) is 11.6 Å². The summed E-state index contributed by atoms with van der Waals surface area (Å²) in [5.41, 5.74) is 0.778. The molecule has 1 aromatic rings. The van der Waals surface area contributed by atoms with Crippen LogP contribution in [0.3, 0.4) is 0 Å². The van der Waals surface area contributed by atoms with Gasteiger partial charge in [0.25, 0.3) is 5.91 Å². The van der Waals surface area contributed by atoms with Crippen LogP contribution in [0.5, 0.6) is 0 Å². The Labute approximate surface area is 110 Å². The molecule has 96 valence electrons. The monoisotopic (exact) mass is 267 g/mol. The number of nitrogens with one attached hydrogen (secondary N) is 1. The van der Waals surface area contributed by atoms with Crippen molar-refractivity contribution in [3.8, 4) is 0 Å². The van der Waals surface area contributed by atoms with Gasteiger partial charge in [0.15, 0.2) is 0 Å². The molecule has 0 bridgehead atoms. The fraction of sp³-hybridized carbons (Fsp3) is 0.417. The molecule has 2 rings (SSSR count). The molecule has 5 nitrogen and oxygen atoms in total. The Bertz CT molecular complexity index is 461. The molecular weight excluding hydrogens is 254 g/mol. The van der Waals surface area contributed by atoms with Crippen LogP contribution < -0.4 is 5.32 Å². The average Bonchev–Trinajstić information content (AvgIpc) is 2.60. The topological polar surface area (TPSA) is 62.3 Å². The zero-order chi connectivity index (χ0) is 13.1. The number of hydrogen-bond donors (Lipinski definition) is 1. The quantitative estimate of drug-likeness (QED) is 0.670. The molecule has 18 heavy (non-hydrogen) atoms. The molecule has 1 fully saturated rings. The number of halogens is 1. The van der Waals surface area contributed by atoms with Crippen LogP contribution >= 0.6 is 11.6 Å². The first kappa shape index (κ1) is 12.8. The third-order valence-corrected chi connectivity index (χ3v) is 3.04. The first-order valence-corrected chi connectivity index (χ1v) is 6.22. The van der Waals surface area contributed by atoms with Gasteiger partial charge in [-0.2, -0.15) is 0 Å². The number of carbonyl (C=O) groups is 2. The maximum absolute atomic E-state index is 12.0. The Morgan fingerprint density at radius 2 is 2.22 bits per heavy atom. The second-order valence-corrected chi connectivity index (χ2v) is 4.59. The largest absolute Gasteiger partial charge is 0.326 e. The summed E-state index contributed by atoms with van der Waals surface area (Å²) in [4.78, 5) is 28.8. The number of imide groups is 1. The summed E-state index contributed by atoms with van der Waals surface area (Å²) in [7, 11) is 0. The van der Waals surface area contributed by atoms with Crippen LogP contribution in [0.25, 0.3) is 0 Å². The van der Waals surface area contributed by atoms with Gasteiger partial charge in [0.05, 0.1) is 6.54 Å². The van der Waals surface area contributed by atoms with Crippen molar-refractivity contribution in [2.45, 2.75) is 32.4 Å². The van der Waals surface area contributed by atoms with Crippen molar-refractivity contribution in [1.82, 2.24) is 15.2 Å². The van der Waals surface area contributed by atoms with Gasteiger partial charge in [0.1, 0.15) is 11.2 Å². The van der Waals surface area contributed by atoms with Gasteiger partial charge in [-0.15, -0.1) is 0 Å². The summed E-state index contributed by atoms with van der Waals surface area (Å²) >= 11 is 5.68. The Morgan fingerprint density at radius 3 is 2.83 bits per heavy atom. The second-order valence-electron chi connectivity index (χ2n) is 4.20. The zero-order valence-corrected chi connectivity index (χ0v) is 10.8. The van der Waals surface area contributed by atoms with E-state index in [1.54, 1.807) is 18.3 Å². The van der Waals surface area contributed by atoms with Crippen LogP contribution in [-0.2, 0) is 11.3 Å². The van der Waals surface area contributed by atoms with Gasteiger partial charge in [-0.25, -0.2) is 9.78 Å². The first-order valence-electron chi connectivity index (χ1n) is 5.84. The highest BCUT2D eigenvalue weighted by Gasteiger charge is 2.36. The molecule has 1 unspecified atom stereocenters. The minimum atomic E-state index is -0.386. The highest BCUT2D eigenvalue weighted by atomic mass is 35.5. The van der Waals surface area contributed by atoms with Crippen molar-refractivity contribution in [3.63, 3.8) is 0 Å². The van der Waals surface area contributed by atoms with Crippen LogP contribution in [0.4, 0.5) is 4.79 Å². The number of aromatic nitrogens is 1. The van der Waals surface area contributed by atoms with Crippen molar-refractivity contribution < 1.29 is 9.59 Å². The van der Waals surface area contributed by atoms with Crippen molar-refractivity contribution in [1.29, 1.82) is 0 Å². The number of nitrogens with zero attached hydrogens (tertiary/aromatic N) is 2. The molecule has 6 heteroatoms. The van der Waals surface area contributed by atoms with Gasteiger partial charge in [0, 0.05) is 6.20 Å². The van der Waals surface area contributed by atoms with E-state index in [2.05, 4.69) is 10.3 Å². The van der Waals surface area contributed by atoms with Crippen molar-refractivity contribution in [2.24, 2.45) is 0 Å². The minimum absolute atomic E-state index is 0.170. The van der Waals surface area contributed by atoms with Crippen LogP contribution in [-0.4, -0.2) is 27.9 Å². The SMILES string of the molecule is CCCC1NC(=O)N(Cc2ccc(Cl)nc2)C1=O. The average molecular weight is 268 g/mol. The number of pyridine rings is 1. The fourth-order valence-electron chi connectivity index (χ4n) is 1.89. The standard InChI is InChI=1S/C12H14ClN3O2/c1-2-3-9-11(17)16(12(18)15-9)7-8-4-5-10(13)14-6-8/h4-6,9H,2-3,7H2,1H3,(H,15,18). The Kier molecular flexibility index (Phi) is 3.81. The summed E-state index contributed by atoms with van der Waals surface area (Å²) in [5.74, 6) is -0.170. The minimum Gasteiger partial charge on any atom is -0.326 e. The lowest BCUT2D eigenvalue weighted by Crippen LogP contribution is -2.30. The van der Waals surface area contributed by atoms with E-state index in [9.17, 15) is 9.59 Å². The Morgan fingerprint density at radius 1 is 1.44 bits per heavy atom. The number of hydrogen-bond acceptors (Lipinski definition) is 3. The smallest absolute Gasteiger partial charge is 0.325 e. The number of urea groups is 1. The normalized spacial score (nSPS) is 19.2. The van der Waals surface area contributed by atoms with Gasteiger partial charge in [0.2, 0.25) is 0 Å². The molecule has 1 saturated heterocycles. The maximum atomic E-state index is 12.0. The molecule has 1 aliphatic rings. The van der Waals surface area contributed by atoms with E-state index in [-0.39, 0.29) is 24.5 Å². The molecule has 1 atom stereocenters. The van der Waals surface area contributed by atoms with Crippen molar-refractivity contribution >= 4 is 23.5 Å². The third-order valence-electron chi connectivity index (χ3n) is 2.81. The molecule has 0 radical (unpaired) electrons. The predicted molar refractivity (Wildman–Crippen MR) is 67.0 cm³/mol. The van der Waals surface area contributed by atoms with Crippen LogP contribution in [0.2, 0.25) is 5.15 Å². The van der Waals surface area contributed by atoms with Gasteiger partial charge in [-0.1, -0.05) is 31.0 Å². The summed E-state index contributed by atoms with van der Waals surface area (Å²) in [6.45, 7) is 2.21. The van der Waals surface area contributed by atoms with Crippen molar-refractivity contribution in [3.05, 3.63) is 29.0 Å². The van der Waals surface area contributed by atoms with Gasteiger partial charge in [-0.3, -0.25) is 9.69 Å². The van der Waals surface area contributed by atoms with E-state index < -0.39 is 0 Å². The molecule has 2 heterocycles.